The second-order valence-corrected chi connectivity index (χ2v) is 7.98. The molecule has 0 aliphatic carbocycles. The number of aryl methyl sites for hydroxylation is 2. The highest BCUT2D eigenvalue weighted by Gasteiger charge is 2.12. The predicted octanol–water partition coefficient (Wildman–Crippen LogP) is 5.44. The Bertz CT molecular complexity index is 1490. The molecule has 32 heavy (non-hydrogen) atoms. The molecule has 154 valence electrons. The van der Waals surface area contributed by atoms with Gasteiger partial charge in [-0.05, 0) is 84.6 Å². The molecule has 0 radical (unpaired) electrons. The quantitative estimate of drug-likeness (QED) is 0.385. The summed E-state index contributed by atoms with van der Waals surface area (Å²) in [6, 6.07) is 28.8. The number of nitrogens with zero attached hydrogens (tertiary/aromatic N) is 6. The van der Waals surface area contributed by atoms with Crippen LogP contribution in [0.25, 0.3) is 44.6 Å². The van der Waals surface area contributed by atoms with Crippen LogP contribution in [-0.4, -0.2) is 30.0 Å². The van der Waals surface area contributed by atoms with Gasteiger partial charge in [0.25, 0.3) is 0 Å². The van der Waals surface area contributed by atoms with Gasteiger partial charge in [-0.1, -0.05) is 46.8 Å². The summed E-state index contributed by atoms with van der Waals surface area (Å²) in [6.07, 6.45) is 0. The van der Waals surface area contributed by atoms with Crippen LogP contribution in [0.15, 0.2) is 84.9 Å². The molecule has 0 unspecified atom stereocenters. The van der Waals surface area contributed by atoms with Crippen LogP contribution in [0.2, 0.25) is 0 Å². The first-order valence-corrected chi connectivity index (χ1v) is 10.5. The number of aromatic nitrogens is 6. The van der Waals surface area contributed by atoms with Crippen LogP contribution in [0.4, 0.5) is 0 Å². The molecule has 4 aromatic carbocycles. The lowest BCUT2D eigenvalue weighted by Gasteiger charge is -2.13. The molecule has 0 aliphatic heterocycles. The second kappa shape index (κ2) is 7.13. The largest absolute Gasteiger partial charge is 0.213 e. The maximum absolute atomic E-state index is 4.34. The van der Waals surface area contributed by atoms with Crippen molar-refractivity contribution in [2.75, 3.05) is 0 Å². The van der Waals surface area contributed by atoms with Crippen molar-refractivity contribution in [2.45, 2.75) is 13.8 Å². The molecule has 6 heteroatoms. The van der Waals surface area contributed by atoms with Crippen LogP contribution in [0.1, 0.15) is 11.1 Å². The molecular weight excluding hydrogens is 396 g/mol. The Labute approximate surface area is 184 Å². The van der Waals surface area contributed by atoms with Gasteiger partial charge in [-0.3, -0.25) is 0 Å². The summed E-state index contributed by atoms with van der Waals surface area (Å²) in [7, 11) is 0. The summed E-state index contributed by atoms with van der Waals surface area (Å²) < 4.78 is 3.77. The first-order valence-electron chi connectivity index (χ1n) is 10.5. The molecule has 0 amide bonds. The van der Waals surface area contributed by atoms with Crippen LogP contribution in [0, 0.1) is 13.8 Å². The van der Waals surface area contributed by atoms with E-state index in [1.165, 1.54) is 22.3 Å². The monoisotopic (exact) mass is 416 g/mol. The van der Waals surface area contributed by atoms with E-state index in [9.17, 15) is 0 Å². The summed E-state index contributed by atoms with van der Waals surface area (Å²) in [4.78, 5) is 0. The maximum Gasteiger partial charge on any atom is 0.113 e. The summed E-state index contributed by atoms with van der Waals surface area (Å²) >= 11 is 0. The fourth-order valence-electron chi connectivity index (χ4n) is 4.28. The molecule has 6 rings (SSSR count). The van der Waals surface area contributed by atoms with E-state index in [-0.39, 0.29) is 0 Å². The fourth-order valence-corrected chi connectivity index (χ4v) is 4.28. The van der Waals surface area contributed by atoms with Gasteiger partial charge in [0.15, 0.2) is 0 Å². The SMILES string of the molecule is Cc1cc(-n2nnc3ccccc32)ccc1-c1ccc(-n2nnc3ccccc32)cc1C. The predicted molar refractivity (Wildman–Crippen MR) is 126 cm³/mol. The molecule has 0 fully saturated rings. The summed E-state index contributed by atoms with van der Waals surface area (Å²) in [6.45, 7) is 4.27. The lowest BCUT2D eigenvalue weighted by atomic mass is 9.96. The molecule has 0 atom stereocenters. The zero-order valence-electron chi connectivity index (χ0n) is 17.8. The Kier molecular flexibility index (Phi) is 4.11. The smallest absolute Gasteiger partial charge is 0.113 e. The Balaban J connectivity index is 1.39. The number of fused-ring (bicyclic) bond motifs is 2. The molecule has 6 aromatic rings. The molecule has 0 saturated carbocycles. The first kappa shape index (κ1) is 18.4. The number of rotatable bonds is 3. The van der Waals surface area contributed by atoms with Crippen molar-refractivity contribution in [3.8, 4) is 22.5 Å². The van der Waals surface area contributed by atoms with E-state index in [4.69, 9.17) is 0 Å². The molecule has 2 heterocycles. The Morgan fingerprint density at radius 3 is 1.41 bits per heavy atom. The van der Waals surface area contributed by atoms with Gasteiger partial charge in [-0.15, -0.1) is 10.2 Å². The summed E-state index contributed by atoms with van der Waals surface area (Å²) in [5, 5.41) is 17.2. The van der Waals surface area contributed by atoms with E-state index in [2.05, 4.69) is 70.9 Å². The van der Waals surface area contributed by atoms with Crippen molar-refractivity contribution in [3.05, 3.63) is 96.1 Å². The standard InChI is InChI=1S/C26H20N6/c1-17-15-19(31-25-9-5-3-7-23(25)27-29-31)11-13-21(17)22-14-12-20(16-18(22)2)32-26-10-6-4-8-24(26)28-30-32/h3-16H,1-2H3. The molecule has 2 aromatic heterocycles. The Morgan fingerprint density at radius 2 is 0.969 bits per heavy atom. The van der Waals surface area contributed by atoms with Gasteiger partial charge < -0.3 is 0 Å². The highest BCUT2D eigenvalue weighted by atomic mass is 15.4. The minimum atomic E-state index is 0.890. The van der Waals surface area contributed by atoms with Crippen molar-refractivity contribution >= 4 is 22.1 Å². The van der Waals surface area contributed by atoms with Crippen molar-refractivity contribution in [1.82, 2.24) is 30.0 Å². The molecule has 0 aliphatic rings. The average molecular weight is 416 g/mol. The highest BCUT2D eigenvalue weighted by molar-refractivity contribution is 5.79. The van der Waals surface area contributed by atoms with Gasteiger partial charge in [-0.25, -0.2) is 9.36 Å². The minimum Gasteiger partial charge on any atom is -0.213 e. The minimum absolute atomic E-state index is 0.890. The van der Waals surface area contributed by atoms with Gasteiger partial charge in [0.05, 0.1) is 22.4 Å². The third-order valence-corrected chi connectivity index (χ3v) is 5.90. The van der Waals surface area contributed by atoms with Crippen molar-refractivity contribution in [3.63, 3.8) is 0 Å². The first-order chi connectivity index (χ1) is 15.7. The summed E-state index contributed by atoms with van der Waals surface area (Å²) in [5.74, 6) is 0. The van der Waals surface area contributed by atoms with Gasteiger partial charge in [0.1, 0.15) is 11.0 Å². The van der Waals surface area contributed by atoms with E-state index in [1.54, 1.807) is 0 Å². The highest BCUT2D eigenvalue weighted by Crippen LogP contribution is 2.30. The number of benzene rings is 4. The normalized spacial score (nSPS) is 11.4. The van der Waals surface area contributed by atoms with Crippen molar-refractivity contribution < 1.29 is 0 Å². The van der Waals surface area contributed by atoms with E-state index < -0.39 is 0 Å². The van der Waals surface area contributed by atoms with Crippen molar-refractivity contribution in [1.29, 1.82) is 0 Å². The van der Waals surface area contributed by atoms with Crippen LogP contribution in [-0.2, 0) is 0 Å². The molecule has 0 saturated heterocycles. The van der Waals surface area contributed by atoms with Crippen LogP contribution < -0.4 is 0 Å². The Hall–Kier alpha value is -4.32. The van der Waals surface area contributed by atoms with E-state index in [0.717, 1.165) is 33.4 Å². The van der Waals surface area contributed by atoms with Gasteiger partial charge >= 0.3 is 0 Å². The molecule has 0 N–H and O–H groups in total. The van der Waals surface area contributed by atoms with Crippen LogP contribution >= 0.6 is 0 Å². The van der Waals surface area contributed by atoms with E-state index >= 15 is 0 Å². The van der Waals surface area contributed by atoms with Crippen molar-refractivity contribution in [2.24, 2.45) is 0 Å². The summed E-state index contributed by atoms with van der Waals surface area (Å²) in [5.41, 5.74) is 10.6. The van der Waals surface area contributed by atoms with Crippen LogP contribution in [0.3, 0.4) is 0 Å². The fraction of sp³-hybridized carbons (Fsp3) is 0.0769. The lowest BCUT2D eigenvalue weighted by Crippen LogP contribution is -1.99. The maximum atomic E-state index is 4.34. The number of hydrogen-bond donors (Lipinski definition) is 0. The van der Waals surface area contributed by atoms with Crippen LogP contribution in [0.5, 0.6) is 0 Å². The Morgan fingerprint density at radius 1 is 0.531 bits per heavy atom. The average Bonchev–Trinajstić information content (AvgIpc) is 3.44. The van der Waals surface area contributed by atoms with Gasteiger partial charge in [0.2, 0.25) is 0 Å². The topological polar surface area (TPSA) is 61.4 Å². The van der Waals surface area contributed by atoms with Gasteiger partial charge in [-0.2, -0.15) is 0 Å². The third kappa shape index (κ3) is 2.88. The molecule has 6 nitrogen and oxygen atoms in total. The van der Waals surface area contributed by atoms with Gasteiger partial charge in [0, 0.05) is 0 Å². The number of para-hydroxylation sites is 2. The zero-order chi connectivity index (χ0) is 21.7. The molecule has 0 bridgehead atoms. The van der Waals surface area contributed by atoms with E-state index in [0.29, 0.717) is 0 Å². The lowest BCUT2D eigenvalue weighted by molar-refractivity contribution is 0.823. The third-order valence-electron chi connectivity index (χ3n) is 5.90. The number of hydrogen-bond acceptors (Lipinski definition) is 4. The molecular formula is C26H20N6. The molecule has 0 spiro atoms. The van der Waals surface area contributed by atoms with E-state index in [1.807, 2.05) is 57.9 Å². The second-order valence-electron chi connectivity index (χ2n) is 7.98. The zero-order valence-corrected chi connectivity index (χ0v) is 17.8.